The average molecular weight is 224 g/mol. The van der Waals surface area contributed by atoms with E-state index < -0.39 is 6.10 Å². The van der Waals surface area contributed by atoms with Gasteiger partial charge in [-0.15, -0.1) is 0 Å². The van der Waals surface area contributed by atoms with Crippen LogP contribution in [0.1, 0.15) is 18.8 Å². The van der Waals surface area contributed by atoms with Gasteiger partial charge >= 0.3 is 0 Å². The van der Waals surface area contributed by atoms with E-state index in [0.29, 0.717) is 16.5 Å². The maximum atomic E-state index is 9.29. The molecule has 0 spiro atoms. The van der Waals surface area contributed by atoms with Gasteiger partial charge in [-0.2, -0.15) is 0 Å². The van der Waals surface area contributed by atoms with Gasteiger partial charge in [0.1, 0.15) is 11.8 Å². The summed E-state index contributed by atoms with van der Waals surface area (Å²) in [4.78, 5) is 0. The second-order valence-electron chi connectivity index (χ2n) is 3.27. The lowest BCUT2D eigenvalue weighted by molar-refractivity contribution is 0.158. The number of halogens is 1. The summed E-state index contributed by atoms with van der Waals surface area (Å²) in [5.74, 6) is 0.435. The van der Waals surface area contributed by atoms with Crippen molar-refractivity contribution >= 4 is 11.6 Å². The topological polar surface area (TPSA) is 46.3 Å². The Hall–Kier alpha value is -1.32. The molecule has 78 valence electrons. The quantitative estimate of drug-likeness (QED) is 0.851. The molecule has 1 N–H and O–H groups in total. The zero-order chi connectivity index (χ0) is 10.8. The van der Waals surface area contributed by atoms with Crippen LogP contribution in [-0.4, -0.2) is 10.3 Å². The molecule has 0 fully saturated rings. The van der Waals surface area contributed by atoms with Crippen molar-refractivity contribution in [2.24, 2.45) is 0 Å². The zero-order valence-corrected chi connectivity index (χ0v) is 8.90. The molecule has 15 heavy (non-hydrogen) atoms. The van der Waals surface area contributed by atoms with Crippen LogP contribution in [0.25, 0.3) is 11.3 Å². The molecule has 2 rings (SSSR count). The standard InChI is InChI=1S/C11H10ClNO2/c1-7(14)11-6-10(13-15-11)8-4-2-3-5-9(8)12/h2-7,14H,1H3. The van der Waals surface area contributed by atoms with Gasteiger partial charge in [0.05, 0.1) is 5.02 Å². The molecular weight excluding hydrogens is 214 g/mol. The number of hydrogen-bond acceptors (Lipinski definition) is 3. The summed E-state index contributed by atoms with van der Waals surface area (Å²) in [5.41, 5.74) is 1.44. The Morgan fingerprint density at radius 1 is 1.40 bits per heavy atom. The van der Waals surface area contributed by atoms with Crippen LogP contribution in [0, 0.1) is 0 Å². The molecule has 2 aromatic rings. The predicted molar refractivity (Wildman–Crippen MR) is 57.6 cm³/mol. The van der Waals surface area contributed by atoms with Crippen molar-refractivity contribution in [3.63, 3.8) is 0 Å². The highest BCUT2D eigenvalue weighted by molar-refractivity contribution is 6.33. The molecule has 0 saturated heterocycles. The van der Waals surface area contributed by atoms with E-state index in [0.717, 1.165) is 5.56 Å². The van der Waals surface area contributed by atoms with Crippen LogP contribution in [-0.2, 0) is 0 Å². The van der Waals surface area contributed by atoms with Crippen LogP contribution in [0.2, 0.25) is 5.02 Å². The highest BCUT2D eigenvalue weighted by Gasteiger charge is 2.12. The third-order valence-corrected chi connectivity index (χ3v) is 2.42. The fraction of sp³-hybridized carbons (Fsp3) is 0.182. The minimum atomic E-state index is -0.659. The van der Waals surface area contributed by atoms with Gasteiger partial charge in [0.25, 0.3) is 0 Å². The van der Waals surface area contributed by atoms with Crippen molar-refractivity contribution in [3.05, 3.63) is 41.1 Å². The number of nitrogens with zero attached hydrogens (tertiary/aromatic N) is 1. The molecule has 4 heteroatoms. The van der Waals surface area contributed by atoms with Gasteiger partial charge in [-0.3, -0.25) is 0 Å². The van der Waals surface area contributed by atoms with E-state index in [1.54, 1.807) is 19.1 Å². The molecule has 1 heterocycles. The van der Waals surface area contributed by atoms with Crippen LogP contribution < -0.4 is 0 Å². The summed E-state index contributed by atoms with van der Waals surface area (Å²) < 4.78 is 4.98. The lowest BCUT2D eigenvalue weighted by Gasteiger charge is -1.97. The van der Waals surface area contributed by atoms with Gasteiger partial charge in [-0.25, -0.2) is 0 Å². The summed E-state index contributed by atoms with van der Waals surface area (Å²) in [6.45, 7) is 1.62. The van der Waals surface area contributed by atoms with Gasteiger partial charge in [-0.05, 0) is 13.0 Å². The molecule has 0 saturated carbocycles. The Morgan fingerprint density at radius 2 is 2.13 bits per heavy atom. The van der Waals surface area contributed by atoms with Crippen molar-refractivity contribution in [3.8, 4) is 11.3 Å². The first-order valence-electron chi connectivity index (χ1n) is 4.58. The lowest BCUT2D eigenvalue weighted by Crippen LogP contribution is -1.85. The minimum absolute atomic E-state index is 0.435. The highest BCUT2D eigenvalue weighted by atomic mass is 35.5. The number of hydrogen-bond donors (Lipinski definition) is 1. The highest BCUT2D eigenvalue weighted by Crippen LogP contribution is 2.28. The number of benzene rings is 1. The van der Waals surface area contributed by atoms with Crippen molar-refractivity contribution in [2.45, 2.75) is 13.0 Å². The third kappa shape index (κ3) is 2.03. The number of aromatic nitrogens is 1. The summed E-state index contributed by atoms with van der Waals surface area (Å²) in [6, 6.07) is 9.05. The van der Waals surface area contributed by atoms with E-state index in [1.165, 1.54) is 0 Å². The van der Waals surface area contributed by atoms with E-state index in [1.807, 2.05) is 18.2 Å². The van der Waals surface area contributed by atoms with E-state index in [4.69, 9.17) is 16.1 Å². The van der Waals surface area contributed by atoms with E-state index in [2.05, 4.69) is 5.16 Å². The van der Waals surface area contributed by atoms with Crippen molar-refractivity contribution in [1.82, 2.24) is 5.16 Å². The van der Waals surface area contributed by atoms with Crippen LogP contribution in [0.4, 0.5) is 0 Å². The molecule has 1 aromatic carbocycles. The fourth-order valence-corrected chi connectivity index (χ4v) is 1.51. The second-order valence-corrected chi connectivity index (χ2v) is 3.68. The number of aliphatic hydroxyl groups is 1. The fourth-order valence-electron chi connectivity index (χ4n) is 1.28. The molecule has 0 aliphatic carbocycles. The minimum Gasteiger partial charge on any atom is -0.385 e. The molecule has 0 radical (unpaired) electrons. The Bertz CT molecular complexity index is 465. The monoisotopic (exact) mass is 223 g/mol. The summed E-state index contributed by atoms with van der Waals surface area (Å²) in [6.07, 6.45) is -0.659. The molecule has 1 atom stereocenters. The molecule has 0 bridgehead atoms. The van der Waals surface area contributed by atoms with E-state index in [9.17, 15) is 5.11 Å². The molecule has 0 aliphatic rings. The largest absolute Gasteiger partial charge is 0.385 e. The molecule has 1 aromatic heterocycles. The Morgan fingerprint density at radius 3 is 2.73 bits per heavy atom. The number of rotatable bonds is 2. The van der Waals surface area contributed by atoms with Crippen molar-refractivity contribution in [1.29, 1.82) is 0 Å². The molecular formula is C11H10ClNO2. The molecule has 0 amide bonds. The second kappa shape index (κ2) is 4.04. The van der Waals surface area contributed by atoms with Crippen LogP contribution in [0.15, 0.2) is 34.9 Å². The van der Waals surface area contributed by atoms with Gasteiger partial charge in [0, 0.05) is 11.6 Å². The van der Waals surface area contributed by atoms with Gasteiger partial charge in [-0.1, -0.05) is 35.0 Å². The molecule has 1 unspecified atom stereocenters. The van der Waals surface area contributed by atoms with E-state index in [-0.39, 0.29) is 0 Å². The lowest BCUT2D eigenvalue weighted by atomic mass is 10.1. The summed E-state index contributed by atoms with van der Waals surface area (Å²) in [7, 11) is 0. The van der Waals surface area contributed by atoms with Crippen molar-refractivity contribution < 1.29 is 9.63 Å². The Labute approximate surface area is 92.3 Å². The molecule has 3 nitrogen and oxygen atoms in total. The van der Waals surface area contributed by atoms with Crippen LogP contribution in [0.5, 0.6) is 0 Å². The average Bonchev–Trinajstić information content (AvgIpc) is 2.67. The zero-order valence-electron chi connectivity index (χ0n) is 8.14. The first kappa shape index (κ1) is 10.2. The van der Waals surface area contributed by atoms with Crippen molar-refractivity contribution in [2.75, 3.05) is 0 Å². The summed E-state index contributed by atoms with van der Waals surface area (Å²) >= 11 is 6.00. The predicted octanol–water partition coefficient (Wildman–Crippen LogP) is 3.05. The van der Waals surface area contributed by atoms with Crippen LogP contribution >= 0.6 is 11.6 Å². The molecule has 0 aliphatic heterocycles. The van der Waals surface area contributed by atoms with Gasteiger partial charge in [0.2, 0.25) is 0 Å². The van der Waals surface area contributed by atoms with Gasteiger partial charge < -0.3 is 9.63 Å². The Kier molecular flexibility index (Phi) is 2.75. The SMILES string of the molecule is CC(O)c1cc(-c2ccccc2Cl)no1. The maximum Gasteiger partial charge on any atom is 0.165 e. The third-order valence-electron chi connectivity index (χ3n) is 2.09. The first-order valence-corrected chi connectivity index (χ1v) is 4.96. The van der Waals surface area contributed by atoms with Gasteiger partial charge in [0.15, 0.2) is 5.76 Å². The first-order chi connectivity index (χ1) is 7.18. The van der Waals surface area contributed by atoms with E-state index >= 15 is 0 Å². The summed E-state index contributed by atoms with van der Waals surface area (Å²) in [5, 5.41) is 13.7. The Balaban J connectivity index is 2.42. The maximum absolute atomic E-state index is 9.29. The van der Waals surface area contributed by atoms with Crippen LogP contribution in [0.3, 0.4) is 0 Å². The normalized spacial score (nSPS) is 12.7. The smallest absolute Gasteiger partial charge is 0.165 e. The number of aliphatic hydroxyl groups excluding tert-OH is 1.